The predicted octanol–water partition coefficient (Wildman–Crippen LogP) is 3.85. The highest BCUT2D eigenvalue weighted by atomic mass is 32.1. The molecule has 0 N–H and O–H groups in total. The summed E-state index contributed by atoms with van der Waals surface area (Å²) in [5, 5.41) is 8.21. The van der Waals surface area contributed by atoms with E-state index in [0.717, 1.165) is 16.2 Å². The average Bonchev–Trinajstić information content (AvgIpc) is 3.31. The summed E-state index contributed by atoms with van der Waals surface area (Å²) in [6.45, 7) is 5.74. The fourth-order valence-corrected chi connectivity index (χ4v) is 3.90. The van der Waals surface area contributed by atoms with E-state index in [-0.39, 0.29) is 30.3 Å². The van der Waals surface area contributed by atoms with E-state index in [1.54, 1.807) is 23.4 Å². The zero-order chi connectivity index (χ0) is 19.6. The second-order valence-corrected chi connectivity index (χ2v) is 8.19. The Labute approximate surface area is 164 Å². The number of carbonyl (C=O) groups excluding carboxylic acids is 2. The Morgan fingerprint density at radius 1 is 1.26 bits per heavy atom. The standard InChI is InChI=1S/C21H25N3O2S/c1-14(2)21(26)23(4)13-20(25)24-18(16-9-7-15(3)8-10-16)12-17(22-24)19-6-5-11-27-19/h5-11,14,18H,12-13H2,1-4H3. The fraction of sp³-hybridized carbons (Fsp3) is 0.381. The number of hydrazone groups is 1. The monoisotopic (exact) mass is 383 g/mol. The third-order valence-electron chi connectivity index (χ3n) is 4.68. The van der Waals surface area contributed by atoms with Gasteiger partial charge in [-0.25, -0.2) is 5.01 Å². The lowest BCUT2D eigenvalue weighted by atomic mass is 10.00. The van der Waals surface area contributed by atoms with Crippen LogP contribution in [0.3, 0.4) is 0 Å². The molecular formula is C21H25N3O2S. The van der Waals surface area contributed by atoms with Crippen LogP contribution in [0.15, 0.2) is 46.9 Å². The third kappa shape index (κ3) is 4.27. The molecule has 1 aromatic heterocycles. The van der Waals surface area contributed by atoms with E-state index in [2.05, 4.69) is 29.4 Å². The molecular weight excluding hydrogens is 358 g/mol. The molecule has 1 aliphatic heterocycles. The molecule has 6 heteroatoms. The molecule has 1 unspecified atom stereocenters. The second-order valence-electron chi connectivity index (χ2n) is 7.24. The van der Waals surface area contributed by atoms with Crippen LogP contribution in [0.25, 0.3) is 0 Å². The van der Waals surface area contributed by atoms with E-state index in [4.69, 9.17) is 0 Å². The number of hydrogen-bond donors (Lipinski definition) is 0. The van der Waals surface area contributed by atoms with E-state index >= 15 is 0 Å². The van der Waals surface area contributed by atoms with E-state index in [9.17, 15) is 9.59 Å². The molecule has 27 heavy (non-hydrogen) atoms. The lowest BCUT2D eigenvalue weighted by Gasteiger charge is -2.25. The Kier molecular flexibility index (Phi) is 5.75. The maximum Gasteiger partial charge on any atom is 0.262 e. The van der Waals surface area contributed by atoms with Crippen LogP contribution in [0.4, 0.5) is 0 Å². The number of aryl methyl sites for hydroxylation is 1. The van der Waals surface area contributed by atoms with E-state index in [0.29, 0.717) is 6.42 Å². The number of likely N-dealkylation sites (N-methyl/N-ethyl adjacent to an activating group) is 1. The molecule has 3 rings (SSSR count). The number of nitrogens with zero attached hydrogens (tertiary/aromatic N) is 3. The highest BCUT2D eigenvalue weighted by molar-refractivity contribution is 7.12. The highest BCUT2D eigenvalue weighted by Crippen LogP contribution is 2.34. The van der Waals surface area contributed by atoms with Crippen molar-refractivity contribution in [1.29, 1.82) is 0 Å². The summed E-state index contributed by atoms with van der Waals surface area (Å²) in [5.41, 5.74) is 3.15. The molecule has 1 aromatic carbocycles. The van der Waals surface area contributed by atoms with Gasteiger partial charge < -0.3 is 4.90 Å². The van der Waals surface area contributed by atoms with Crippen LogP contribution < -0.4 is 0 Å². The van der Waals surface area contributed by atoms with Crippen molar-refractivity contribution in [2.24, 2.45) is 11.0 Å². The van der Waals surface area contributed by atoms with Gasteiger partial charge in [-0.1, -0.05) is 49.7 Å². The van der Waals surface area contributed by atoms with E-state index in [1.807, 2.05) is 38.3 Å². The van der Waals surface area contributed by atoms with Crippen LogP contribution >= 0.6 is 11.3 Å². The third-order valence-corrected chi connectivity index (χ3v) is 5.60. The van der Waals surface area contributed by atoms with Crippen LogP contribution in [0.1, 0.15) is 42.3 Å². The quantitative estimate of drug-likeness (QED) is 0.787. The molecule has 0 aliphatic carbocycles. The molecule has 2 aromatic rings. The Morgan fingerprint density at radius 2 is 1.96 bits per heavy atom. The lowest BCUT2D eigenvalue weighted by Crippen LogP contribution is -2.40. The van der Waals surface area contributed by atoms with Crippen LogP contribution in [-0.2, 0) is 9.59 Å². The van der Waals surface area contributed by atoms with Gasteiger partial charge >= 0.3 is 0 Å². The first-order valence-corrected chi connectivity index (χ1v) is 9.99. The summed E-state index contributed by atoms with van der Waals surface area (Å²) in [5.74, 6) is -0.347. The highest BCUT2D eigenvalue weighted by Gasteiger charge is 2.34. The average molecular weight is 384 g/mol. The summed E-state index contributed by atoms with van der Waals surface area (Å²) in [6, 6.07) is 12.1. The van der Waals surface area contributed by atoms with Crippen molar-refractivity contribution < 1.29 is 9.59 Å². The summed E-state index contributed by atoms with van der Waals surface area (Å²) in [7, 11) is 1.67. The Morgan fingerprint density at radius 3 is 2.56 bits per heavy atom. The summed E-state index contributed by atoms with van der Waals surface area (Å²) in [4.78, 5) is 27.7. The summed E-state index contributed by atoms with van der Waals surface area (Å²) in [6.07, 6.45) is 0.678. The van der Waals surface area contributed by atoms with E-state index in [1.165, 1.54) is 10.5 Å². The van der Waals surface area contributed by atoms with Crippen molar-refractivity contribution in [3.8, 4) is 0 Å². The van der Waals surface area contributed by atoms with Gasteiger partial charge in [0, 0.05) is 19.4 Å². The maximum absolute atomic E-state index is 13.0. The first-order chi connectivity index (χ1) is 12.9. The first-order valence-electron chi connectivity index (χ1n) is 9.11. The number of rotatable bonds is 5. The molecule has 0 saturated carbocycles. The van der Waals surface area contributed by atoms with Crippen molar-refractivity contribution in [2.75, 3.05) is 13.6 Å². The van der Waals surface area contributed by atoms with Gasteiger partial charge in [0.2, 0.25) is 5.91 Å². The second kappa shape index (κ2) is 8.05. The zero-order valence-corrected chi connectivity index (χ0v) is 17.0. The van der Waals surface area contributed by atoms with Gasteiger partial charge in [0.25, 0.3) is 5.91 Å². The minimum absolute atomic E-state index is 0.0284. The van der Waals surface area contributed by atoms with E-state index < -0.39 is 0 Å². The minimum atomic E-state index is -0.163. The zero-order valence-electron chi connectivity index (χ0n) is 16.2. The van der Waals surface area contributed by atoms with Crippen LogP contribution in [0, 0.1) is 12.8 Å². The molecule has 2 heterocycles. The molecule has 0 saturated heterocycles. The number of carbonyl (C=O) groups is 2. The van der Waals surface area contributed by atoms with Crippen LogP contribution in [-0.4, -0.2) is 41.0 Å². The van der Waals surface area contributed by atoms with Crippen molar-refractivity contribution in [3.05, 3.63) is 57.8 Å². The number of hydrogen-bond acceptors (Lipinski definition) is 4. The summed E-state index contributed by atoms with van der Waals surface area (Å²) >= 11 is 1.62. The largest absolute Gasteiger partial charge is 0.336 e. The predicted molar refractivity (Wildman–Crippen MR) is 109 cm³/mol. The van der Waals surface area contributed by atoms with Gasteiger partial charge in [-0.05, 0) is 23.9 Å². The van der Waals surface area contributed by atoms with Gasteiger partial charge in [0.1, 0.15) is 6.54 Å². The van der Waals surface area contributed by atoms with Gasteiger partial charge in [-0.15, -0.1) is 11.3 Å². The summed E-state index contributed by atoms with van der Waals surface area (Å²) < 4.78 is 0. The number of amides is 2. The van der Waals surface area contributed by atoms with Crippen molar-refractivity contribution in [1.82, 2.24) is 9.91 Å². The van der Waals surface area contributed by atoms with Crippen molar-refractivity contribution >= 4 is 28.9 Å². The molecule has 0 bridgehead atoms. The molecule has 142 valence electrons. The number of benzene rings is 1. The maximum atomic E-state index is 13.0. The Bertz CT molecular complexity index is 841. The molecule has 0 spiro atoms. The molecule has 2 amide bonds. The molecule has 0 radical (unpaired) electrons. The van der Waals surface area contributed by atoms with Gasteiger partial charge in [0.05, 0.1) is 16.6 Å². The Hall–Kier alpha value is -2.47. The molecule has 5 nitrogen and oxygen atoms in total. The topological polar surface area (TPSA) is 53.0 Å². The normalized spacial score (nSPS) is 16.6. The Balaban J connectivity index is 1.85. The smallest absolute Gasteiger partial charge is 0.262 e. The SMILES string of the molecule is Cc1ccc(C2CC(c3cccs3)=NN2C(=O)CN(C)C(=O)C(C)C)cc1. The van der Waals surface area contributed by atoms with Gasteiger partial charge in [-0.3, -0.25) is 9.59 Å². The fourth-order valence-electron chi connectivity index (χ4n) is 3.17. The first kappa shape index (κ1) is 19.3. The van der Waals surface area contributed by atoms with Gasteiger partial charge in [-0.2, -0.15) is 5.10 Å². The van der Waals surface area contributed by atoms with Gasteiger partial charge in [0.15, 0.2) is 0 Å². The molecule has 1 aliphatic rings. The number of thiophene rings is 1. The van der Waals surface area contributed by atoms with Crippen molar-refractivity contribution in [2.45, 2.75) is 33.2 Å². The molecule has 0 fully saturated rings. The van der Waals surface area contributed by atoms with Crippen LogP contribution in [0.2, 0.25) is 0 Å². The minimum Gasteiger partial charge on any atom is -0.336 e. The lowest BCUT2D eigenvalue weighted by molar-refractivity contribution is -0.142. The van der Waals surface area contributed by atoms with Crippen LogP contribution in [0.5, 0.6) is 0 Å². The molecule has 1 atom stereocenters. The van der Waals surface area contributed by atoms with Crippen molar-refractivity contribution in [3.63, 3.8) is 0 Å².